The fourth-order valence-corrected chi connectivity index (χ4v) is 9.06. The number of esters is 1. The van der Waals surface area contributed by atoms with E-state index in [1.807, 2.05) is 33.8 Å². The number of ketones is 2. The lowest BCUT2D eigenvalue weighted by Gasteiger charge is -2.64. The van der Waals surface area contributed by atoms with Crippen LogP contribution in [0.4, 0.5) is 4.79 Å². The zero-order valence-corrected chi connectivity index (χ0v) is 24.6. The van der Waals surface area contributed by atoms with Crippen molar-refractivity contribution in [2.75, 3.05) is 13.2 Å². The summed E-state index contributed by atoms with van der Waals surface area (Å²) in [6, 6.07) is 0. The number of carbonyl (C=O) groups excluding carboxylic acids is 4. The predicted molar refractivity (Wildman–Crippen MR) is 146 cm³/mol. The number of fused-ring (bicyclic) bond motifs is 5. The number of aliphatic hydroxyl groups excluding tert-OH is 1. The van der Waals surface area contributed by atoms with Gasteiger partial charge in [-0.3, -0.25) is 14.4 Å². The van der Waals surface area contributed by atoms with E-state index in [1.165, 1.54) is 6.08 Å². The highest BCUT2D eigenvalue weighted by Crippen LogP contribution is 2.72. The molecule has 1 N–H and O–H groups in total. The van der Waals surface area contributed by atoms with Gasteiger partial charge in [-0.15, -0.1) is 11.6 Å². The van der Waals surface area contributed by atoms with Gasteiger partial charge in [-0.05, 0) is 68.9 Å². The summed E-state index contributed by atoms with van der Waals surface area (Å²) in [7, 11) is 0. The standard InChI is InChI=1S/C31H41ClO8/c1-5-6-13-38-27(37)40-31(25(35)17-39-26(36)19-7-8-19)18(2)14-23-22-10-9-20-15-21(33)11-12-28(20,3)30(22,32)24(34)16-29(23,31)4/h11-12,15,18-19,22-24,34H,5-10,13-14,16-17H2,1-4H3/t18-,22+,23+,24?,28+,29+,30+,31+/m1/s1. The number of aliphatic hydroxyl groups is 1. The van der Waals surface area contributed by atoms with E-state index in [0.29, 0.717) is 25.7 Å². The topological polar surface area (TPSA) is 116 Å². The summed E-state index contributed by atoms with van der Waals surface area (Å²) in [5.41, 5.74) is -2.50. The maximum Gasteiger partial charge on any atom is 0.509 e. The van der Waals surface area contributed by atoms with Crippen molar-refractivity contribution in [1.29, 1.82) is 0 Å². The lowest BCUT2D eigenvalue weighted by molar-refractivity contribution is -0.187. The Morgan fingerprint density at radius 3 is 2.52 bits per heavy atom. The molecule has 0 aromatic rings. The maximum atomic E-state index is 14.1. The number of ether oxygens (including phenoxy) is 3. The average Bonchev–Trinajstić information content (AvgIpc) is 3.72. The highest BCUT2D eigenvalue weighted by molar-refractivity contribution is 6.26. The van der Waals surface area contributed by atoms with E-state index in [2.05, 4.69) is 0 Å². The summed E-state index contributed by atoms with van der Waals surface area (Å²) in [4.78, 5) is 50.6. The van der Waals surface area contributed by atoms with Gasteiger partial charge in [-0.1, -0.05) is 45.8 Å². The molecule has 0 bridgehead atoms. The van der Waals surface area contributed by atoms with Gasteiger partial charge in [-0.25, -0.2) is 4.79 Å². The molecule has 0 radical (unpaired) electrons. The summed E-state index contributed by atoms with van der Waals surface area (Å²) in [6.07, 6.45) is 7.83. The molecule has 8 nitrogen and oxygen atoms in total. The van der Waals surface area contributed by atoms with E-state index in [4.69, 9.17) is 25.8 Å². The first kappa shape index (κ1) is 29.3. The molecule has 5 aliphatic rings. The number of halogens is 1. The lowest BCUT2D eigenvalue weighted by atomic mass is 9.45. The average molecular weight is 577 g/mol. The van der Waals surface area contributed by atoms with Gasteiger partial charge < -0.3 is 19.3 Å². The fraction of sp³-hybridized carbons (Fsp3) is 0.742. The van der Waals surface area contributed by atoms with Gasteiger partial charge in [0.2, 0.25) is 5.78 Å². The number of rotatable bonds is 8. The Balaban J connectivity index is 1.52. The number of hydrogen-bond donors (Lipinski definition) is 1. The minimum Gasteiger partial charge on any atom is -0.457 e. The number of hydrogen-bond acceptors (Lipinski definition) is 8. The zero-order chi connectivity index (χ0) is 29.1. The Labute approximate surface area is 240 Å². The molecule has 0 aromatic carbocycles. The third-order valence-corrected chi connectivity index (χ3v) is 11.7. The Morgan fingerprint density at radius 2 is 1.85 bits per heavy atom. The SMILES string of the molecule is CCCCOC(=O)O[C@]1(C(=O)COC(=O)C2CC2)[C@H](C)C[C@H]2[C@@H]3CCC4=CC(=O)C=C[C@]4(C)[C@@]3(Cl)C(O)C[C@@]21C. The van der Waals surface area contributed by atoms with E-state index in [-0.39, 0.29) is 36.6 Å². The van der Waals surface area contributed by atoms with Crippen LogP contribution in [-0.4, -0.2) is 58.6 Å². The second-order valence-corrected chi connectivity index (χ2v) is 13.6. The highest BCUT2D eigenvalue weighted by atomic mass is 35.5. The molecule has 40 heavy (non-hydrogen) atoms. The van der Waals surface area contributed by atoms with Crippen LogP contribution in [0.2, 0.25) is 0 Å². The molecule has 8 atom stereocenters. The molecule has 0 aromatic heterocycles. The minimum atomic E-state index is -1.67. The van der Waals surface area contributed by atoms with Crippen LogP contribution in [0.1, 0.15) is 79.1 Å². The van der Waals surface area contributed by atoms with Gasteiger partial charge in [0, 0.05) is 16.7 Å². The molecule has 0 spiro atoms. The first-order chi connectivity index (χ1) is 18.8. The number of allylic oxidation sites excluding steroid dienone is 4. The summed E-state index contributed by atoms with van der Waals surface area (Å²) in [6.45, 7) is 7.38. The molecule has 0 heterocycles. The van der Waals surface area contributed by atoms with Gasteiger partial charge in [0.25, 0.3) is 0 Å². The van der Waals surface area contributed by atoms with Crippen LogP contribution in [0.5, 0.6) is 0 Å². The molecule has 5 rings (SSSR count). The van der Waals surface area contributed by atoms with Crippen LogP contribution < -0.4 is 0 Å². The molecule has 1 unspecified atom stereocenters. The van der Waals surface area contributed by atoms with Crippen molar-refractivity contribution < 1.29 is 38.5 Å². The van der Waals surface area contributed by atoms with E-state index in [0.717, 1.165) is 24.8 Å². The van der Waals surface area contributed by atoms with Crippen LogP contribution in [-0.2, 0) is 28.6 Å². The summed E-state index contributed by atoms with van der Waals surface area (Å²) < 4.78 is 16.9. The molecular weight excluding hydrogens is 536 g/mol. The summed E-state index contributed by atoms with van der Waals surface area (Å²) in [5.74, 6) is -2.02. The molecule has 4 saturated carbocycles. The van der Waals surface area contributed by atoms with Crippen LogP contribution in [0.25, 0.3) is 0 Å². The number of unbranched alkanes of at least 4 members (excludes halogenated alkanes) is 1. The normalized spacial score (nSPS) is 41.8. The minimum absolute atomic E-state index is 0.0869. The highest BCUT2D eigenvalue weighted by Gasteiger charge is 2.76. The predicted octanol–water partition coefficient (Wildman–Crippen LogP) is 5.09. The maximum absolute atomic E-state index is 14.1. The van der Waals surface area contributed by atoms with Crippen molar-refractivity contribution in [2.24, 2.45) is 34.5 Å². The third kappa shape index (κ3) is 4.19. The van der Waals surface area contributed by atoms with Crippen LogP contribution in [0.3, 0.4) is 0 Å². The van der Waals surface area contributed by atoms with Crippen molar-refractivity contribution in [3.05, 3.63) is 23.8 Å². The molecular formula is C31H41ClO8. The van der Waals surface area contributed by atoms with E-state index >= 15 is 0 Å². The number of Topliss-reactive ketones (excluding diaryl/α,β-unsaturated/α-hetero) is 1. The first-order valence-electron chi connectivity index (χ1n) is 14.7. The second-order valence-electron chi connectivity index (χ2n) is 13.0. The molecule has 9 heteroatoms. The van der Waals surface area contributed by atoms with Crippen molar-refractivity contribution in [2.45, 2.75) is 95.6 Å². The van der Waals surface area contributed by atoms with E-state index in [1.54, 1.807) is 6.08 Å². The van der Waals surface area contributed by atoms with Gasteiger partial charge in [0.15, 0.2) is 18.0 Å². The first-order valence-corrected chi connectivity index (χ1v) is 15.1. The smallest absolute Gasteiger partial charge is 0.457 e. The number of alkyl halides is 1. The largest absolute Gasteiger partial charge is 0.509 e. The van der Waals surface area contributed by atoms with Gasteiger partial charge in [-0.2, -0.15) is 0 Å². The van der Waals surface area contributed by atoms with Crippen LogP contribution in [0, 0.1) is 34.5 Å². The Bertz CT molecular complexity index is 1160. The Kier molecular flexibility index (Phi) is 7.52. The fourth-order valence-electron chi connectivity index (χ4n) is 8.54. The van der Waals surface area contributed by atoms with Crippen molar-refractivity contribution in [3.63, 3.8) is 0 Å². The molecule has 0 amide bonds. The molecule has 4 fully saturated rings. The quantitative estimate of drug-likeness (QED) is 0.241. The third-order valence-electron chi connectivity index (χ3n) is 10.8. The number of carbonyl (C=O) groups is 4. The summed E-state index contributed by atoms with van der Waals surface area (Å²) >= 11 is 7.53. The molecule has 220 valence electrons. The van der Waals surface area contributed by atoms with E-state index in [9.17, 15) is 24.3 Å². The van der Waals surface area contributed by atoms with Crippen LogP contribution >= 0.6 is 11.6 Å². The zero-order valence-electron chi connectivity index (χ0n) is 23.9. The van der Waals surface area contributed by atoms with Crippen molar-refractivity contribution in [1.82, 2.24) is 0 Å². The van der Waals surface area contributed by atoms with E-state index < -0.39 is 57.8 Å². The molecule has 0 aliphatic heterocycles. The van der Waals surface area contributed by atoms with Gasteiger partial charge in [0.1, 0.15) is 0 Å². The van der Waals surface area contributed by atoms with Gasteiger partial charge in [0.05, 0.1) is 23.5 Å². The van der Waals surface area contributed by atoms with Crippen molar-refractivity contribution >= 4 is 35.3 Å². The summed E-state index contributed by atoms with van der Waals surface area (Å²) in [5, 5.41) is 11.9. The van der Waals surface area contributed by atoms with Gasteiger partial charge >= 0.3 is 12.1 Å². The second kappa shape index (κ2) is 10.3. The Morgan fingerprint density at radius 1 is 1.12 bits per heavy atom. The van der Waals surface area contributed by atoms with Crippen molar-refractivity contribution in [3.8, 4) is 0 Å². The van der Waals surface area contributed by atoms with Crippen LogP contribution in [0.15, 0.2) is 23.8 Å². The monoisotopic (exact) mass is 576 g/mol. The molecule has 0 saturated heterocycles. The Hall–Kier alpha value is -2.19. The lowest BCUT2D eigenvalue weighted by Crippen LogP contribution is -2.69. The molecule has 5 aliphatic carbocycles.